The van der Waals surface area contributed by atoms with Crippen molar-refractivity contribution >= 4 is 5.91 Å². The maximum absolute atomic E-state index is 13.0. The summed E-state index contributed by atoms with van der Waals surface area (Å²) in [7, 11) is 1.58. The number of methoxy groups -OCH3 is 1. The lowest BCUT2D eigenvalue weighted by Crippen LogP contribution is -2.43. The monoisotopic (exact) mass is 433 g/mol. The summed E-state index contributed by atoms with van der Waals surface area (Å²) in [6.07, 6.45) is 4.93. The Hall–Kier alpha value is -3.10. The summed E-state index contributed by atoms with van der Waals surface area (Å²) in [6, 6.07) is 6.60. The predicted molar refractivity (Wildman–Crippen MR) is 107 cm³/mol. The van der Waals surface area contributed by atoms with Gasteiger partial charge in [-0.2, -0.15) is 13.2 Å². The number of halogens is 3. The van der Waals surface area contributed by atoms with Crippen molar-refractivity contribution in [2.24, 2.45) is 5.11 Å². The quantitative estimate of drug-likeness (QED) is 0.689. The Balaban J connectivity index is 1.30. The molecule has 1 fully saturated rings. The molecule has 0 saturated heterocycles. The van der Waals surface area contributed by atoms with E-state index in [0.717, 1.165) is 31.8 Å². The van der Waals surface area contributed by atoms with E-state index in [-0.39, 0.29) is 18.0 Å². The molecular formula is C22H24F3N4O2+. The highest BCUT2D eigenvalue weighted by Crippen LogP contribution is 2.33. The Morgan fingerprint density at radius 2 is 1.81 bits per heavy atom. The lowest BCUT2D eigenvalue weighted by atomic mass is 9.90. The summed E-state index contributed by atoms with van der Waals surface area (Å²) in [5, 5.41) is 10.1. The van der Waals surface area contributed by atoms with E-state index in [1.54, 1.807) is 43.5 Å². The second kappa shape index (κ2) is 8.56. The zero-order valence-corrected chi connectivity index (χ0v) is 17.0. The van der Waals surface area contributed by atoms with Gasteiger partial charge in [0.05, 0.1) is 12.8 Å². The topological polar surface area (TPSA) is 65.7 Å². The molecule has 0 bridgehead atoms. The number of fused-ring (bicyclic) bond motifs is 1. The molecule has 2 heterocycles. The number of rotatable bonds is 5. The Labute approximate surface area is 178 Å². The van der Waals surface area contributed by atoms with Gasteiger partial charge in [0.1, 0.15) is 5.75 Å². The number of amides is 1. The van der Waals surface area contributed by atoms with E-state index in [1.165, 1.54) is 10.9 Å². The maximum Gasteiger partial charge on any atom is 0.439 e. The van der Waals surface area contributed by atoms with Crippen LogP contribution in [0, 0.1) is 0 Å². The van der Waals surface area contributed by atoms with Crippen LogP contribution in [0.15, 0.2) is 65.2 Å². The van der Waals surface area contributed by atoms with E-state index in [0.29, 0.717) is 17.0 Å². The third-order valence-electron chi connectivity index (χ3n) is 5.73. The van der Waals surface area contributed by atoms with Gasteiger partial charge in [-0.15, -0.1) is 0 Å². The van der Waals surface area contributed by atoms with Crippen molar-refractivity contribution in [2.45, 2.75) is 50.0 Å². The normalized spacial score (nSPS) is 25.2. The summed E-state index contributed by atoms with van der Waals surface area (Å²) in [6.45, 7) is 0. The van der Waals surface area contributed by atoms with Crippen LogP contribution in [0.1, 0.15) is 36.0 Å². The molecule has 1 atom stereocenters. The van der Waals surface area contributed by atoms with E-state index in [4.69, 9.17) is 4.74 Å². The lowest BCUT2D eigenvalue weighted by Gasteiger charge is -2.31. The van der Waals surface area contributed by atoms with Crippen LogP contribution in [0.2, 0.25) is 0 Å². The minimum Gasteiger partial charge on any atom is -0.497 e. The minimum atomic E-state index is -4.46. The van der Waals surface area contributed by atoms with Gasteiger partial charge in [0.25, 0.3) is 5.91 Å². The van der Waals surface area contributed by atoms with Crippen molar-refractivity contribution < 1.29 is 27.4 Å². The first kappa shape index (κ1) is 21.1. The van der Waals surface area contributed by atoms with E-state index >= 15 is 0 Å². The molecule has 3 aliphatic rings. The highest BCUT2D eigenvalue weighted by molar-refractivity contribution is 5.94. The second-order valence-corrected chi connectivity index (χ2v) is 7.83. The number of alkyl halides is 3. The third kappa shape index (κ3) is 4.81. The molecule has 31 heavy (non-hydrogen) atoms. The Morgan fingerprint density at radius 3 is 2.45 bits per heavy atom. The van der Waals surface area contributed by atoms with Crippen LogP contribution >= 0.6 is 0 Å². The van der Waals surface area contributed by atoms with Crippen molar-refractivity contribution in [2.75, 3.05) is 7.11 Å². The molecular weight excluding hydrogens is 409 g/mol. The van der Waals surface area contributed by atoms with Crippen LogP contribution < -0.4 is 15.4 Å². The Kier molecular flexibility index (Phi) is 5.84. The van der Waals surface area contributed by atoms with Gasteiger partial charge < -0.3 is 15.4 Å². The number of azo groups is 2. The van der Waals surface area contributed by atoms with E-state index in [1.807, 2.05) is 0 Å². The van der Waals surface area contributed by atoms with Crippen LogP contribution in [0.3, 0.4) is 0 Å². The Bertz CT molecular complexity index is 956. The number of nitrogens with zero attached hydrogens (tertiary/aromatic N) is 2. The Morgan fingerprint density at radius 1 is 1.13 bits per heavy atom. The fraction of sp³-hybridized carbons (Fsp3) is 0.409. The molecule has 1 aromatic rings. The molecule has 1 aromatic carbocycles. The first-order valence-corrected chi connectivity index (χ1v) is 10.2. The number of ether oxygens (including phenoxy) is 1. The number of nitrogens with one attached hydrogen (secondary N) is 2. The number of allylic oxidation sites excluding steroid dienone is 3. The van der Waals surface area contributed by atoms with Crippen molar-refractivity contribution in [1.29, 1.82) is 0 Å². The van der Waals surface area contributed by atoms with E-state index < -0.39 is 17.9 Å². The van der Waals surface area contributed by atoms with Crippen molar-refractivity contribution in [3.63, 3.8) is 0 Å². The SMILES string of the molecule is COc1ccc(C(=O)N[C@H]2CC[C@@H](NC3=CC=C[N+]4=NC(C(F)(F)F)=CC34)CC2)cc1. The summed E-state index contributed by atoms with van der Waals surface area (Å²) < 4.78 is 45.4. The maximum atomic E-state index is 13.0. The molecule has 0 radical (unpaired) electrons. The van der Waals surface area contributed by atoms with Gasteiger partial charge in [-0.25, -0.2) is 0 Å². The summed E-state index contributed by atoms with van der Waals surface area (Å²) >= 11 is 0. The largest absolute Gasteiger partial charge is 0.497 e. The molecule has 0 aromatic heterocycles. The van der Waals surface area contributed by atoms with Gasteiger partial charge in [-0.05, 0) is 56.0 Å². The molecule has 1 aliphatic carbocycles. The molecule has 0 spiro atoms. The first-order valence-electron chi connectivity index (χ1n) is 10.2. The average molecular weight is 433 g/mol. The summed E-state index contributed by atoms with van der Waals surface area (Å²) in [5.74, 6) is 0.577. The van der Waals surface area contributed by atoms with Gasteiger partial charge in [-0.3, -0.25) is 4.79 Å². The van der Waals surface area contributed by atoms with Gasteiger partial charge in [-0.1, -0.05) is 4.70 Å². The molecule has 4 rings (SSSR count). The van der Waals surface area contributed by atoms with Gasteiger partial charge in [0, 0.05) is 34.9 Å². The average Bonchev–Trinajstić information content (AvgIpc) is 3.21. The standard InChI is InChI=1S/C22H23F3N4O2/c1-31-17-10-4-14(5-11-17)21(30)27-16-8-6-15(7-9-16)26-18-3-2-12-29-19(18)13-20(28-29)22(23,24)25/h2-5,10-13,15-16,19H,6-9H2,1H3,(H-,26,27,28,30)/p+1/t15-,16+,19?. The first-order chi connectivity index (χ1) is 14.8. The van der Waals surface area contributed by atoms with Crippen molar-refractivity contribution in [1.82, 2.24) is 10.6 Å². The fourth-order valence-electron chi connectivity index (χ4n) is 4.05. The van der Waals surface area contributed by atoms with Gasteiger partial charge in [0.2, 0.25) is 11.7 Å². The van der Waals surface area contributed by atoms with Gasteiger partial charge in [0.15, 0.2) is 6.20 Å². The fourth-order valence-corrected chi connectivity index (χ4v) is 4.05. The lowest BCUT2D eigenvalue weighted by molar-refractivity contribution is -0.540. The highest BCUT2D eigenvalue weighted by atomic mass is 19.4. The third-order valence-corrected chi connectivity index (χ3v) is 5.73. The van der Waals surface area contributed by atoms with Crippen molar-refractivity contribution in [3.8, 4) is 5.75 Å². The molecule has 1 saturated carbocycles. The second-order valence-electron chi connectivity index (χ2n) is 7.83. The molecule has 1 amide bonds. The zero-order valence-electron chi connectivity index (χ0n) is 17.0. The molecule has 2 N–H and O–H groups in total. The van der Waals surface area contributed by atoms with Crippen LogP contribution in [0.5, 0.6) is 5.75 Å². The highest BCUT2D eigenvalue weighted by Gasteiger charge is 2.45. The van der Waals surface area contributed by atoms with Gasteiger partial charge >= 0.3 is 6.18 Å². The molecule has 164 valence electrons. The number of hydrogen-bond acceptors (Lipinski definition) is 4. The molecule has 2 aliphatic heterocycles. The molecule has 9 heteroatoms. The van der Waals surface area contributed by atoms with Crippen LogP contribution in [-0.2, 0) is 0 Å². The summed E-state index contributed by atoms with van der Waals surface area (Å²) in [4.78, 5) is 12.4. The molecule has 1 unspecified atom stereocenters. The number of carbonyl (C=O) groups is 1. The number of benzene rings is 1. The summed E-state index contributed by atoms with van der Waals surface area (Å²) in [5.41, 5.74) is 0.412. The van der Waals surface area contributed by atoms with Crippen LogP contribution in [0.4, 0.5) is 13.2 Å². The smallest absolute Gasteiger partial charge is 0.439 e. The number of hydrogen-bond donors (Lipinski definition) is 2. The van der Waals surface area contributed by atoms with E-state index in [2.05, 4.69) is 15.7 Å². The zero-order chi connectivity index (χ0) is 22.0. The molecule has 6 nitrogen and oxygen atoms in total. The predicted octanol–water partition coefficient (Wildman–Crippen LogP) is 4.03. The van der Waals surface area contributed by atoms with Crippen molar-refractivity contribution in [3.05, 3.63) is 65.7 Å². The van der Waals surface area contributed by atoms with E-state index in [9.17, 15) is 18.0 Å². The minimum absolute atomic E-state index is 0.0718. The van der Waals surface area contributed by atoms with Crippen LogP contribution in [-0.4, -0.2) is 42.0 Å². The van der Waals surface area contributed by atoms with Crippen LogP contribution in [0.25, 0.3) is 0 Å². The number of carbonyl (C=O) groups excluding carboxylic acids is 1.